The van der Waals surface area contributed by atoms with Crippen molar-refractivity contribution in [3.8, 4) is 5.75 Å². The maximum Gasteiger partial charge on any atom is 0.328 e. The van der Waals surface area contributed by atoms with Gasteiger partial charge in [-0.3, -0.25) is 24.0 Å². The first kappa shape index (κ1) is 34.9. The molecular formula is C26H38N6O11. The first-order valence-electron chi connectivity index (χ1n) is 13.4. The zero-order chi connectivity index (χ0) is 32.3. The average Bonchev–Trinajstić information content (AvgIpc) is 3.47. The molecule has 1 aliphatic heterocycles. The van der Waals surface area contributed by atoms with Gasteiger partial charge in [0.05, 0.1) is 25.9 Å². The maximum absolute atomic E-state index is 13.1. The number of nitrogens with zero attached hydrogens (tertiary/aromatic N) is 1. The van der Waals surface area contributed by atoms with Crippen molar-refractivity contribution in [1.82, 2.24) is 26.2 Å². The second kappa shape index (κ2) is 16.4. The molecule has 1 saturated heterocycles. The number of carboxylic acids is 1. The van der Waals surface area contributed by atoms with E-state index in [2.05, 4.69) is 21.3 Å². The number of aliphatic hydroxyl groups excluding tert-OH is 3. The van der Waals surface area contributed by atoms with Crippen molar-refractivity contribution >= 4 is 35.5 Å². The molecule has 0 aliphatic carbocycles. The summed E-state index contributed by atoms with van der Waals surface area (Å²) >= 11 is 0. The van der Waals surface area contributed by atoms with E-state index in [0.717, 1.165) is 4.90 Å². The van der Waals surface area contributed by atoms with E-state index in [1.165, 1.54) is 31.2 Å². The minimum absolute atomic E-state index is 0.0231. The minimum atomic E-state index is -1.58. The lowest BCUT2D eigenvalue weighted by molar-refractivity contribution is -0.146. The first-order valence-corrected chi connectivity index (χ1v) is 13.4. The summed E-state index contributed by atoms with van der Waals surface area (Å²) in [5.41, 5.74) is 6.19. The van der Waals surface area contributed by atoms with E-state index >= 15 is 0 Å². The van der Waals surface area contributed by atoms with Gasteiger partial charge in [0.15, 0.2) is 0 Å². The topological polar surface area (TPSA) is 281 Å². The number of aliphatic carboxylic acids is 1. The largest absolute Gasteiger partial charge is 0.508 e. The van der Waals surface area contributed by atoms with E-state index in [9.17, 15) is 44.1 Å². The van der Waals surface area contributed by atoms with Gasteiger partial charge in [-0.15, -0.1) is 0 Å². The number of nitrogens with one attached hydrogen (secondary N) is 4. The number of carbonyl (C=O) groups excluding carboxylic acids is 5. The minimum Gasteiger partial charge on any atom is -0.508 e. The van der Waals surface area contributed by atoms with E-state index in [0.29, 0.717) is 12.0 Å². The molecule has 17 nitrogen and oxygen atoms in total. The Balaban J connectivity index is 2.03. The van der Waals surface area contributed by atoms with Crippen LogP contribution in [0.5, 0.6) is 5.75 Å². The number of benzene rings is 1. The predicted octanol–water partition coefficient (Wildman–Crippen LogP) is -4.73. The number of aromatic hydroxyl groups is 1. The monoisotopic (exact) mass is 610 g/mol. The summed E-state index contributed by atoms with van der Waals surface area (Å²) < 4.78 is 0. The van der Waals surface area contributed by atoms with Crippen molar-refractivity contribution in [1.29, 1.82) is 0 Å². The number of aliphatic hydroxyl groups is 3. The summed E-state index contributed by atoms with van der Waals surface area (Å²) in [6.07, 6.45) is -0.716. The molecule has 0 radical (unpaired) electrons. The average molecular weight is 611 g/mol. The Kier molecular flexibility index (Phi) is 13.3. The van der Waals surface area contributed by atoms with Gasteiger partial charge in [-0.05, 0) is 37.5 Å². The van der Waals surface area contributed by atoms with Crippen LogP contribution in [0.1, 0.15) is 25.3 Å². The Bertz CT molecular complexity index is 1160. The Morgan fingerprint density at radius 2 is 1.58 bits per heavy atom. The molecule has 0 unspecified atom stereocenters. The fourth-order valence-corrected chi connectivity index (χ4v) is 4.24. The molecule has 0 aromatic heterocycles. The quantitative estimate of drug-likeness (QED) is 0.0896. The second-order valence-corrected chi connectivity index (χ2v) is 9.99. The molecule has 1 heterocycles. The molecule has 17 heteroatoms. The number of likely N-dealkylation sites (tertiary alicyclic amines) is 1. The summed E-state index contributed by atoms with van der Waals surface area (Å²) in [7, 11) is 0. The highest BCUT2D eigenvalue weighted by molar-refractivity contribution is 5.95. The van der Waals surface area contributed by atoms with E-state index in [1.807, 2.05) is 0 Å². The van der Waals surface area contributed by atoms with Crippen LogP contribution in [-0.2, 0) is 35.2 Å². The molecule has 1 aliphatic rings. The molecular weight excluding hydrogens is 572 g/mol. The summed E-state index contributed by atoms with van der Waals surface area (Å²) in [6.45, 7) is -1.01. The standard InChI is InChI=1S/C26H38N6O11/c1-13(35)21(27)24(40)30-16(9-14-4-6-15(36)7-5-14)22(38)28-10-20(37)29-17(11-33)25(41)32-8-2-3-19(32)23(39)31-18(12-34)26(42)43/h4-7,13,16-19,21,33-36H,2-3,8-12,27H2,1H3,(H,28,38)(H,29,37)(H,30,40)(H,31,39)(H,42,43)/t13-,16+,17+,18+,19+,21+/m1/s1. The van der Waals surface area contributed by atoms with Crippen LogP contribution in [0, 0.1) is 0 Å². The van der Waals surface area contributed by atoms with Crippen molar-refractivity contribution in [2.75, 3.05) is 26.3 Å². The third-order valence-corrected chi connectivity index (χ3v) is 6.71. The lowest BCUT2D eigenvalue weighted by atomic mass is 10.0. The Labute approximate surface area is 246 Å². The van der Waals surface area contributed by atoms with Gasteiger partial charge in [-0.2, -0.15) is 0 Å². The third kappa shape index (κ3) is 10.2. The summed E-state index contributed by atoms with van der Waals surface area (Å²) in [4.78, 5) is 75.8. The molecule has 238 valence electrons. The van der Waals surface area contributed by atoms with Gasteiger partial charge in [0.2, 0.25) is 29.5 Å². The van der Waals surface area contributed by atoms with Crippen LogP contribution in [0.25, 0.3) is 0 Å². The molecule has 0 saturated carbocycles. The van der Waals surface area contributed by atoms with E-state index in [-0.39, 0.29) is 25.1 Å². The Hall–Kier alpha value is -4.32. The fourth-order valence-electron chi connectivity index (χ4n) is 4.24. The Morgan fingerprint density at radius 1 is 0.953 bits per heavy atom. The van der Waals surface area contributed by atoms with Gasteiger partial charge in [0.1, 0.15) is 36.0 Å². The van der Waals surface area contributed by atoms with Gasteiger partial charge in [-0.1, -0.05) is 12.1 Å². The van der Waals surface area contributed by atoms with Crippen LogP contribution in [0.15, 0.2) is 24.3 Å². The predicted molar refractivity (Wildman–Crippen MR) is 147 cm³/mol. The molecule has 11 N–H and O–H groups in total. The molecule has 1 aromatic rings. The number of carbonyl (C=O) groups is 6. The number of rotatable bonds is 15. The maximum atomic E-state index is 13.1. The van der Waals surface area contributed by atoms with Gasteiger partial charge < -0.3 is 57.4 Å². The second-order valence-electron chi connectivity index (χ2n) is 9.99. The fraction of sp³-hybridized carbons (Fsp3) is 0.538. The number of nitrogens with two attached hydrogens (primary N) is 1. The highest BCUT2D eigenvalue weighted by Gasteiger charge is 2.38. The smallest absolute Gasteiger partial charge is 0.328 e. The normalized spacial score (nSPS) is 18.0. The van der Waals surface area contributed by atoms with Gasteiger partial charge in [0.25, 0.3) is 0 Å². The van der Waals surface area contributed by atoms with Crippen molar-refractivity contribution < 1.29 is 54.3 Å². The van der Waals surface area contributed by atoms with Crippen molar-refractivity contribution in [2.45, 2.75) is 62.5 Å². The molecule has 1 aromatic carbocycles. The number of phenols is 1. The summed E-state index contributed by atoms with van der Waals surface area (Å²) in [6, 6.07) is -0.987. The van der Waals surface area contributed by atoms with Crippen molar-refractivity contribution in [2.24, 2.45) is 5.73 Å². The summed E-state index contributed by atoms with van der Waals surface area (Å²) in [5, 5.41) is 56.2. The molecule has 0 spiro atoms. The summed E-state index contributed by atoms with van der Waals surface area (Å²) in [5.74, 6) is -5.66. The molecule has 43 heavy (non-hydrogen) atoms. The van der Waals surface area contributed by atoms with Crippen LogP contribution >= 0.6 is 0 Å². The third-order valence-electron chi connectivity index (χ3n) is 6.71. The number of hydrogen-bond donors (Lipinski definition) is 10. The number of amides is 5. The van der Waals surface area contributed by atoms with Crippen LogP contribution in [0.2, 0.25) is 0 Å². The highest BCUT2D eigenvalue weighted by atomic mass is 16.4. The van der Waals surface area contributed by atoms with E-state index < -0.39 is 91.6 Å². The SMILES string of the molecule is C[C@@H](O)[C@H](N)C(=O)N[C@@H](Cc1ccc(O)cc1)C(=O)NCC(=O)N[C@@H](CO)C(=O)N1CCC[C@H]1C(=O)N[C@@H](CO)C(=O)O. The molecule has 0 bridgehead atoms. The van der Waals surface area contributed by atoms with E-state index in [4.69, 9.17) is 15.9 Å². The number of hydrogen-bond acceptors (Lipinski definition) is 11. The zero-order valence-electron chi connectivity index (χ0n) is 23.4. The van der Waals surface area contributed by atoms with Gasteiger partial charge in [-0.25, -0.2) is 4.79 Å². The Morgan fingerprint density at radius 3 is 2.14 bits per heavy atom. The van der Waals surface area contributed by atoms with Gasteiger partial charge >= 0.3 is 5.97 Å². The van der Waals surface area contributed by atoms with Crippen LogP contribution < -0.4 is 27.0 Å². The van der Waals surface area contributed by atoms with Crippen molar-refractivity contribution in [3.63, 3.8) is 0 Å². The molecule has 5 amide bonds. The van der Waals surface area contributed by atoms with Gasteiger partial charge in [0, 0.05) is 13.0 Å². The van der Waals surface area contributed by atoms with E-state index in [1.54, 1.807) is 0 Å². The lowest BCUT2D eigenvalue weighted by Gasteiger charge is -2.28. The lowest BCUT2D eigenvalue weighted by Crippen LogP contribution is -2.58. The molecule has 1 fully saturated rings. The first-order chi connectivity index (χ1) is 20.3. The van der Waals surface area contributed by atoms with Crippen LogP contribution in [0.3, 0.4) is 0 Å². The van der Waals surface area contributed by atoms with Crippen LogP contribution in [0.4, 0.5) is 0 Å². The number of carboxylic acid groups (broad SMARTS) is 1. The molecule has 6 atom stereocenters. The number of phenolic OH excluding ortho intramolecular Hbond substituents is 1. The van der Waals surface area contributed by atoms with Crippen molar-refractivity contribution in [3.05, 3.63) is 29.8 Å². The zero-order valence-corrected chi connectivity index (χ0v) is 23.4. The van der Waals surface area contributed by atoms with Crippen LogP contribution in [-0.4, -0.2) is 129 Å². The highest BCUT2D eigenvalue weighted by Crippen LogP contribution is 2.19. The molecule has 2 rings (SSSR count).